The van der Waals surface area contributed by atoms with Crippen molar-refractivity contribution in [2.75, 3.05) is 6.54 Å². The number of hydrogen-bond acceptors (Lipinski definition) is 3. The fraction of sp³-hybridized carbons (Fsp3) is 0.733. The van der Waals surface area contributed by atoms with Gasteiger partial charge in [0.05, 0.1) is 12.4 Å². The van der Waals surface area contributed by atoms with E-state index in [9.17, 15) is 5.11 Å². The highest BCUT2D eigenvalue weighted by atomic mass is 16.3. The van der Waals surface area contributed by atoms with E-state index in [0.29, 0.717) is 6.04 Å². The molecular formula is C15H25NO2. The Kier molecular flexibility index (Phi) is 4.13. The predicted molar refractivity (Wildman–Crippen MR) is 72.5 cm³/mol. The van der Waals surface area contributed by atoms with E-state index in [1.54, 1.807) is 6.26 Å². The van der Waals surface area contributed by atoms with Crippen molar-refractivity contribution in [3.8, 4) is 0 Å². The summed E-state index contributed by atoms with van der Waals surface area (Å²) in [4.78, 5) is 0. The van der Waals surface area contributed by atoms with E-state index in [1.807, 2.05) is 6.92 Å². The maximum atomic E-state index is 9.51. The highest BCUT2D eigenvalue weighted by Gasteiger charge is 2.26. The van der Waals surface area contributed by atoms with Crippen LogP contribution in [0.25, 0.3) is 0 Å². The van der Waals surface area contributed by atoms with Crippen LogP contribution >= 0.6 is 0 Å². The van der Waals surface area contributed by atoms with Gasteiger partial charge in [0.15, 0.2) is 0 Å². The summed E-state index contributed by atoms with van der Waals surface area (Å²) in [5.74, 6) is 1.15. The Morgan fingerprint density at radius 2 is 2.33 bits per heavy atom. The molecule has 0 radical (unpaired) electrons. The molecule has 2 N–H and O–H groups in total. The molecule has 2 rings (SSSR count). The van der Waals surface area contributed by atoms with Crippen LogP contribution in [-0.2, 0) is 6.42 Å². The van der Waals surface area contributed by atoms with Crippen LogP contribution in [0.2, 0.25) is 0 Å². The Bertz CT molecular complexity index is 382. The third-order valence-corrected chi connectivity index (χ3v) is 3.73. The summed E-state index contributed by atoms with van der Waals surface area (Å²) in [7, 11) is 0. The monoisotopic (exact) mass is 251 g/mol. The molecule has 0 amide bonds. The SMILES string of the molecule is C[C@@H](O)CC(C)(C)CN[C@H]1CCCc2occc21. The predicted octanol–water partition coefficient (Wildman–Crippen LogP) is 3.04. The first-order chi connectivity index (χ1) is 8.48. The minimum Gasteiger partial charge on any atom is -0.469 e. The van der Waals surface area contributed by atoms with Gasteiger partial charge < -0.3 is 14.8 Å². The Labute approximate surface area is 110 Å². The van der Waals surface area contributed by atoms with Crippen molar-refractivity contribution in [1.29, 1.82) is 0 Å². The van der Waals surface area contributed by atoms with Crippen LogP contribution in [0.1, 0.15) is 57.4 Å². The van der Waals surface area contributed by atoms with E-state index in [0.717, 1.165) is 25.1 Å². The highest BCUT2D eigenvalue weighted by Crippen LogP contribution is 2.31. The number of furan rings is 1. The van der Waals surface area contributed by atoms with Crippen molar-refractivity contribution in [1.82, 2.24) is 5.32 Å². The van der Waals surface area contributed by atoms with Crippen LogP contribution in [0.5, 0.6) is 0 Å². The first-order valence-corrected chi connectivity index (χ1v) is 6.96. The van der Waals surface area contributed by atoms with E-state index in [2.05, 4.69) is 25.2 Å². The largest absolute Gasteiger partial charge is 0.469 e. The van der Waals surface area contributed by atoms with Crippen LogP contribution in [0.3, 0.4) is 0 Å². The van der Waals surface area contributed by atoms with E-state index < -0.39 is 0 Å². The minimum atomic E-state index is -0.238. The van der Waals surface area contributed by atoms with Crippen molar-refractivity contribution >= 4 is 0 Å². The zero-order valence-corrected chi connectivity index (χ0v) is 11.7. The molecule has 18 heavy (non-hydrogen) atoms. The summed E-state index contributed by atoms with van der Waals surface area (Å²) in [6.07, 6.45) is 5.82. The minimum absolute atomic E-state index is 0.121. The lowest BCUT2D eigenvalue weighted by molar-refractivity contribution is 0.125. The van der Waals surface area contributed by atoms with E-state index in [4.69, 9.17) is 4.42 Å². The maximum absolute atomic E-state index is 9.51. The summed E-state index contributed by atoms with van der Waals surface area (Å²) < 4.78 is 5.50. The Morgan fingerprint density at radius 3 is 3.06 bits per heavy atom. The third kappa shape index (κ3) is 3.36. The van der Waals surface area contributed by atoms with Crippen LogP contribution in [0.15, 0.2) is 16.7 Å². The number of aliphatic hydroxyl groups is 1. The first kappa shape index (κ1) is 13.6. The van der Waals surface area contributed by atoms with Gasteiger partial charge in [-0.15, -0.1) is 0 Å². The van der Waals surface area contributed by atoms with Gasteiger partial charge in [-0.3, -0.25) is 0 Å². The lowest BCUT2D eigenvalue weighted by atomic mass is 9.85. The van der Waals surface area contributed by atoms with Gasteiger partial charge in [0.1, 0.15) is 5.76 Å². The van der Waals surface area contributed by atoms with Crippen molar-refractivity contribution < 1.29 is 9.52 Å². The fourth-order valence-electron chi connectivity index (χ4n) is 2.97. The molecule has 0 saturated heterocycles. The topological polar surface area (TPSA) is 45.4 Å². The average molecular weight is 251 g/mol. The molecule has 0 spiro atoms. The normalized spacial score (nSPS) is 21.7. The molecule has 0 aromatic carbocycles. The molecule has 1 aromatic rings. The fourth-order valence-corrected chi connectivity index (χ4v) is 2.97. The molecule has 0 bridgehead atoms. The zero-order valence-electron chi connectivity index (χ0n) is 11.7. The standard InChI is InChI=1S/C15H25NO2/c1-11(17)9-15(2,3)10-16-13-5-4-6-14-12(13)7-8-18-14/h7-8,11,13,16-17H,4-6,9-10H2,1-3H3/t11-,13+/m1/s1. The lowest BCUT2D eigenvalue weighted by Crippen LogP contribution is -2.35. The quantitative estimate of drug-likeness (QED) is 0.845. The summed E-state index contributed by atoms with van der Waals surface area (Å²) in [6.45, 7) is 7.18. The Balaban J connectivity index is 1.92. The zero-order chi connectivity index (χ0) is 13.2. The molecule has 0 unspecified atom stereocenters. The molecule has 0 aliphatic heterocycles. The van der Waals surface area contributed by atoms with Crippen molar-refractivity contribution in [3.05, 3.63) is 23.7 Å². The van der Waals surface area contributed by atoms with Crippen molar-refractivity contribution in [3.63, 3.8) is 0 Å². The molecule has 1 aliphatic rings. The maximum Gasteiger partial charge on any atom is 0.108 e. The average Bonchev–Trinajstić information content (AvgIpc) is 2.72. The molecule has 3 nitrogen and oxygen atoms in total. The first-order valence-electron chi connectivity index (χ1n) is 6.96. The number of aliphatic hydroxyl groups excluding tert-OH is 1. The number of fused-ring (bicyclic) bond motifs is 1. The molecule has 0 saturated carbocycles. The number of aryl methyl sites for hydroxylation is 1. The van der Waals surface area contributed by atoms with E-state index in [1.165, 1.54) is 18.4 Å². The highest BCUT2D eigenvalue weighted by molar-refractivity contribution is 5.24. The van der Waals surface area contributed by atoms with Gasteiger partial charge in [-0.05, 0) is 37.7 Å². The van der Waals surface area contributed by atoms with Crippen LogP contribution in [0.4, 0.5) is 0 Å². The van der Waals surface area contributed by atoms with Crippen LogP contribution in [0, 0.1) is 5.41 Å². The second-order valence-corrected chi connectivity index (χ2v) is 6.34. The molecule has 2 atom stereocenters. The van der Waals surface area contributed by atoms with Crippen LogP contribution < -0.4 is 5.32 Å². The Morgan fingerprint density at radius 1 is 1.56 bits per heavy atom. The van der Waals surface area contributed by atoms with Gasteiger partial charge in [0.25, 0.3) is 0 Å². The van der Waals surface area contributed by atoms with Gasteiger partial charge in [0, 0.05) is 24.6 Å². The van der Waals surface area contributed by atoms with E-state index >= 15 is 0 Å². The summed E-state index contributed by atoms with van der Waals surface area (Å²) in [5, 5.41) is 13.1. The molecule has 1 heterocycles. The number of hydrogen-bond donors (Lipinski definition) is 2. The third-order valence-electron chi connectivity index (χ3n) is 3.73. The molecule has 1 aliphatic carbocycles. The smallest absolute Gasteiger partial charge is 0.108 e. The van der Waals surface area contributed by atoms with Gasteiger partial charge in [0.2, 0.25) is 0 Å². The number of rotatable bonds is 5. The van der Waals surface area contributed by atoms with Crippen LogP contribution in [-0.4, -0.2) is 17.8 Å². The lowest BCUT2D eigenvalue weighted by Gasteiger charge is -2.30. The van der Waals surface area contributed by atoms with Gasteiger partial charge in [-0.1, -0.05) is 13.8 Å². The molecule has 3 heteroatoms. The summed E-state index contributed by atoms with van der Waals surface area (Å²) in [5.41, 5.74) is 1.45. The van der Waals surface area contributed by atoms with Gasteiger partial charge >= 0.3 is 0 Å². The van der Waals surface area contributed by atoms with Gasteiger partial charge in [-0.2, -0.15) is 0 Å². The molecular weight excluding hydrogens is 226 g/mol. The summed E-state index contributed by atoms with van der Waals surface area (Å²) in [6, 6.07) is 2.51. The number of nitrogens with one attached hydrogen (secondary N) is 1. The summed E-state index contributed by atoms with van der Waals surface area (Å²) >= 11 is 0. The second kappa shape index (κ2) is 5.45. The Hall–Kier alpha value is -0.800. The van der Waals surface area contributed by atoms with Crippen molar-refractivity contribution in [2.45, 2.75) is 58.6 Å². The molecule has 0 fully saturated rings. The molecule has 102 valence electrons. The van der Waals surface area contributed by atoms with E-state index in [-0.39, 0.29) is 11.5 Å². The second-order valence-electron chi connectivity index (χ2n) is 6.34. The molecule has 1 aromatic heterocycles. The van der Waals surface area contributed by atoms with Gasteiger partial charge in [-0.25, -0.2) is 0 Å². The van der Waals surface area contributed by atoms with Crippen molar-refractivity contribution in [2.24, 2.45) is 5.41 Å².